The molecule has 0 aliphatic carbocycles. The number of halogens is 6. The van der Waals surface area contributed by atoms with Gasteiger partial charge in [0.05, 0.1) is 0 Å². The molecule has 0 bridgehead atoms. The second-order valence-corrected chi connectivity index (χ2v) is 10.5. The molecule has 126 valence electrons. The van der Waals surface area contributed by atoms with Crippen molar-refractivity contribution >= 4 is 26.2 Å². The van der Waals surface area contributed by atoms with Crippen molar-refractivity contribution in [1.82, 2.24) is 0 Å². The van der Waals surface area contributed by atoms with Crippen molar-refractivity contribution in [2.75, 3.05) is 14.2 Å². The molecule has 0 spiro atoms. The summed E-state index contributed by atoms with van der Waals surface area (Å²) < 4.78 is 71.2. The third-order valence-corrected chi connectivity index (χ3v) is 6.29. The zero-order valence-corrected chi connectivity index (χ0v) is 14.5. The molecule has 1 unspecified atom stereocenters. The van der Waals surface area contributed by atoms with Crippen molar-refractivity contribution < 1.29 is 34.7 Å². The number of methoxy groups -OCH3 is 2. The van der Waals surface area contributed by atoms with Gasteiger partial charge in [-0.1, -0.05) is 0 Å². The summed E-state index contributed by atoms with van der Waals surface area (Å²) in [6.45, 7) is 2.22. The number of benzene rings is 1. The maximum absolute atomic E-state index is 10.7. The van der Waals surface area contributed by atoms with Crippen LogP contribution in [0.5, 0.6) is 11.5 Å². The van der Waals surface area contributed by atoms with E-state index in [9.17, 15) is 25.2 Å². The summed E-state index contributed by atoms with van der Waals surface area (Å²) in [7, 11) is -7.23. The molecule has 1 rings (SSSR count). The minimum atomic E-state index is -10.7. The predicted octanol–water partition coefficient (Wildman–Crippen LogP) is 5.44. The molecular weight excluding hydrogens is 388 g/mol. The van der Waals surface area contributed by atoms with Crippen LogP contribution in [0, 0.1) is 0 Å². The van der Waals surface area contributed by atoms with Gasteiger partial charge in [0, 0.05) is 0 Å². The molecule has 1 atom stereocenters. The Morgan fingerprint density at radius 3 is 1.52 bits per heavy atom. The molecule has 1 aromatic rings. The molecule has 0 heterocycles. The first kappa shape index (κ1) is 20.3. The van der Waals surface area contributed by atoms with Crippen LogP contribution in [-0.4, -0.2) is 28.1 Å². The molecule has 0 aromatic heterocycles. The Morgan fingerprint density at radius 2 is 1.29 bits per heavy atom. The first-order valence-electron chi connectivity index (χ1n) is 5.59. The van der Waals surface area contributed by atoms with Crippen molar-refractivity contribution in [1.29, 1.82) is 0 Å². The third-order valence-electron chi connectivity index (χ3n) is 2.16. The zero-order chi connectivity index (χ0) is 17.0. The molecule has 0 aliphatic heterocycles. The van der Waals surface area contributed by atoms with Gasteiger partial charge in [-0.25, -0.2) is 0 Å². The van der Waals surface area contributed by atoms with Crippen LogP contribution < -0.4 is 13.9 Å². The Hall–Kier alpha value is -0.651. The molecule has 0 amide bonds. The molecule has 0 fully saturated rings. The first-order chi connectivity index (χ1) is 9.19. The molecule has 0 radical (unpaired) electrons. The van der Waals surface area contributed by atoms with Crippen molar-refractivity contribution in [3.63, 3.8) is 0 Å². The first-order valence-corrected chi connectivity index (χ1v) is 11.4. The monoisotopic (exact) mass is 406 g/mol. The van der Waals surface area contributed by atoms with E-state index in [0.717, 1.165) is 11.5 Å². The van der Waals surface area contributed by atoms with Crippen LogP contribution in [0.1, 0.15) is 6.92 Å². The molecule has 1 aromatic carbocycles. The van der Waals surface area contributed by atoms with E-state index in [1.165, 1.54) is 9.78 Å². The Labute approximate surface area is 123 Å². The molecule has 0 aliphatic rings. The van der Waals surface area contributed by atoms with E-state index in [-0.39, 0.29) is 0 Å². The van der Waals surface area contributed by atoms with E-state index in [1.807, 2.05) is 18.2 Å². The van der Waals surface area contributed by atoms with Crippen LogP contribution >= 0.6 is 7.81 Å². The van der Waals surface area contributed by atoms with Crippen molar-refractivity contribution in [2.45, 2.75) is 18.1 Å². The van der Waals surface area contributed by atoms with Crippen molar-refractivity contribution in [2.24, 2.45) is 0 Å². The zero-order valence-electron chi connectivity index (χ0n) is 11.9. The average molecular weight is 405 g/mol. The third kappa shape index (κ3) is 10.7. The molecular formula is C11H17F6O2PSe. The summed E-state index contributed by atoms with van der Waals surface area (Å²) in [6, 6.07) is 5.98. The number of ether oxygens (including phenoxy) is 2. The van der Waals surface area contributed by atoms with Gasteiger partial charge in [-0.3, -0.25) is 0 Å². The normalized spacial score (nSPS) is 15.9. The SMILES string of the molecule is CC[Se+](C)c1c(OC)cccc1OC.F[P-](F)(F)(F)(F)F. The minimum absolute atomic E-state index is 0.767. The van der Waals surface area contributed by atoms with E-state index in [2.05, 4.69) is 12.7 Å². The number of hydrogen-bond acceptors (Lipinski definition) is 2. The van der Waals surface area contributed by atoms with E-state index in [1.54, 1.807) is 14.2 Å². The Balaban J connectivity index is 0.000000486. The quantitative estimate of drug-likeness (QED) is 0.378. The predicted molar refractivity (Wildman–Crippen MR) is 74.8 cm³/mol. The van der Waals surface area contributed by atoms with Crippen LogP contribution in [0.3, 0.4) is 0 Å². The van der Waals surface area contributed by atoms with Crippen LogP contribution in [-0.2, 0) is 0 Å². The summed E-state index contributed by atoms with van der Waals surface area (Å²) in [6.07, 6.45) is 0. The van der Waals surface area contributed by atoms with Gasteiger partial charge in [-0.05, 0) is 0 Å². The van der Waals surface area contributed by atoms with Crippen LogP contribution in [0.4, 0.5) is 25.2 Å². The van der Waals surface area contributed by atoms with Gasteiger partial charge < -0.3 is 0 Å². The van der Waals surface area contributed by atoms with Gasteiger partial charge in [-0.2, -0.15) is 0 Å². The van der Waals surface area contributed by atoms with E-state index >= 15 is 0 Å². The van der Waals surface area contributed by atoms with Crippen molar-refractivity contribution in [3.8, 4) is 11.5 Å². The summed E-state index contributed by atoms with van der Waals surface area (Å²) >= 11 is -0.767. The summed E-state index contributed by atoms with van der Waals surface area (Å²) in [5.41, 5.74) is 0. The second-order valence-electron chi connectivity index (χ2n) is 3.88. The fourth-order valence-electron chi connectivity index (χ4n) is 1.30. The fourth-order valence-corrected chi connectivity index (χ4v) is 3.99. The van der Waals surface area contributed by atoms with Gasteiger partial charge in [-0.15, -0.1) is 0 Å². The topological polar surface area (TPSA) is 18.5 Å². The fraction of sp³-hybridized carbons (Fsp3) is 0.455. The van der Waals surface area contributed by atoms with Crippen LogP contribution in [0.15, 0.2) is 18.2 Å². The maximum atomic E-state index is 9.87. The summed E-state index contributed by atoms with van der Waals surface area (Å²) in [5, 5.41) is 1.21. The molecule has 10 heteroatoms. The summed E-state index contributed by atoms with van der Waals surface area (Å²) in [5.74, 6) is 4.25. The standard InChI is InChI=1S/C11H17O2Se.F6P/c1-5-14(4)11-9(12-2)7-6-8-10(11)13-3;1-7(2,3,4,5)6/h6-8H,5H2,1-4H3;/q+1;-1. The van der Waals surface area contributed by atoms with Crippen LogP contribution in [0.25, 0.3) is 0 Å². The molecule has 0 saturated heterocycles. The van der Waals surface area contributed by atoms with E-state index < -0.39 is 21.7 Å². The molecule has 21 heavy (non-hydrogen) atoms. The molecule has 2 nitrogen and oxygen atoms in total. The van der Waals surface area contributed by atoms with Gasteiger partial charge >= 0.3 is 123 Å². The van der Waals surface area contributed by atoms with E-state index in [4.69, 9.17) is 9.47 Å². The van der Waals surface area contributed by atoms with Gasteiger partial charge in [0.1, 0.15) is 0 Å². The van der Waals surface area contributed by atoms with Crippen LogP contribution in [0.2, 0.25) is 11.1 Å². The Morgan fingerprint density at radius 1 is 0.952 bits per heavy atom. The Kier molecular flexibility index (Phi) is 6.03. The van der Waals surface area contributed by atoms with Gasteiger partial charge in [0.15, 0.2) is 0 Å². The van der Waals surface area contributed by atoms with Gasteiger partial charge in [0.25, 0.3) is 0 Å². The number of rotatable bonds is 4. The Bertz CT molecular complexity index is 443. The summed E-state index contributed by atoms with van der Waals surface area (Å²) in [4.78, 5) is 0. The number of hydrogen-bond donors (Lipinski definition) is 0. The molecule has 0 saturated carbocycles. The van der Waals surface area contributed by atoms with E-state index in [0.29, 0.717) is 0 Å². The second kappa shape index (κ2) is 6.23. The van der Waals surface area contributed by atoms with Gasteiger partial charge in [0.2, 0.25) is 0 Å². The average Bonchev–Trinajstić information content (AvgIpc) is 2.32. The molecule has 0 N–H and O–H groups in total. The van der Waals surface area contributed by atoms with Crippen molar-refractivity contribution in [3.05, 3.63) is 18.2 Å².